The van der Waals surface area contributed by atoms with E-state index in [4.69, 9.17) is 9.47 Å². The SMILES string of the molecule is CCOC(=O)CCCOc1cc2c([n+]([O-])c1)CCCC2. The number of hydrogen-bond donors (Lipinski definition) is 0. The first kappa shape index (κ1) is 14.6. The summed E-state index contributed by atoms with van der Waals surface area (Å²) in [6.45, 7) is 2.60. The molecule has 5 nitrogen and oxygen atoms in total. The number of hydrogen-bond acceptors (Lipinski definition) is 4. The van der Waals surface area contributed by atoms with Gasteiger partial charge >= 0.3 is 5.97 Å². The largest absolute Gasteiger partial charge is 0.618 e. The molecule has 0 spiro atoms. The highest BCUT2D eigenvalue weighted by molar-refractivity contribution is 5.69. The van der Waals surface area contributed by atoms with E-state index >= 15 is 0 Å². The van der Waals surface area contributed by atoms with Crippen LogP contribution in [-0.4, -0.2) is 19.2 Å². The van der Waals surface area contributed by atoms with Crippen molar-refractivity contribution in [3.63, 3.8) is 0 Å². The zero-order valence-corrected chi connectivity index (χ0v) is 11.9. The van der Waals surface area contributed by atoms with Gasteiger partial charge in [0.15, 0.2) is 11.4 Å². The number of pyridine rings is 1. The summed E-state index contributed by atoms with van der Waals surface area (Å²) in [7, 11) is 0. The number of ether oxygens (including phenoxy) is 2. The van der Waals surface area contributed by atoms with Crippen LogP contribution in [0, 0.1) is 5.21 Å². The van der Waals surface area contributed by atoms with Crippen LogP contribution in [0.1, 0.15) is 43.9 Å². The van der Waals surface area contributed by atoms with E-state index in [-0.39, 0.29) is 5.97 Å². The van der Waals surface area contributed by atoms with Crippen molar-refractivity contribution in [2.75, 3.05) is 13.2 Å². The van der Waals surface area contributed by atoms with Crippen molar-refractivity contribution in [3.05, 3.63) is 28.7 Å². The normalized spacial score (nSPS) is 13.7. The molecule has 0 fully saturated rings. The number of esters is 1. The molecule has 0 atom stereocenters. The summed E-state index contributed by atoms with van der Waals surface area (Å²) in [6.07, 6.45) is 6.41. The van der Waals surface area contributed by atoms with Gasteiger partial charge in [-0.2, -0.15) is 4.73 Å². The highest BCUT2D eigenvalue weighted by atomic mass is 16.5. The van der Waals surface area contributed by atoms with Crippen LogP contribution in [-0.2, 0) is 22.4 Å². The predicted molar refractivity (Wildman–Crippen MR) is 73.4 cm³/mol. The Morgan fingerprint density at radius 2 is 2.20 bits per heavy atom. The molecule has 0 bridgehead atoms. The predicted octanol–water partition coefficient (Wildman–Crippen LogP) is 1.92. The first-order valence-corrected chi connectivity index (χ1v) is 7.24. The van der Waals surface area contributed by atoms with Gasteiger partial charge in [-0.25, -0.2) is 0 Å². The fourth-order valence-corrected chi connectivity index (χ4v) is 2.44. The maximum absolute atomic E-state index is 11.9. The molecule has 0 aromatic carbocycles. The average Bonchev–Trinajstić information content (AvgIpc) is 2.44. The Kier molecular flexibility index (Phi) is 5.21. The first-order chi connectivity index (χ1) is 9.70. The van der Waals surface area contributed by atoms with Crippen molar-refractivity contribution in [2.45, 2.75) is 45.4 Å². The molecule has 0 saturated heterocycles. The van der Waals surface area contributed by atoms with E-state index in [0.29, 0.717) is 31.8 Å². The molecular weight excluding hydrogens is 258 g/mol. The van der Waals surface area contributed by atoms with Crippen molar-refractivity contribution in [2.24, 2.45) is 0 Å². The van der Waals surface area contributed by atoms with Gasteiger partial charge in [0.2, 0.25) is 6.20 Å². The maximum Gasteiger partial charge on any atom is 0.305 e. The van der Waals surface area contributed by atoms with Crippen molar-refractivity contribution >= 4 is 5.97 Å². The van der Waals surface area contributed by atoms with Gasteiger partial charge < -0.3 is 14.7 Å². The van der Waals surface area contributed by atoms with E-state index < -0.39 is 0 Å². The summed E-state index contributed by atoms with van der Waals surface area (Å²) in [4.78, 5) is 11.2. The molecule has 1 aromatic rings. The van der Waals surface area contributed by atoms with Crippen molar-refractivity contribution in [3.8, 4) is 5.75 Å². The fourth-order valence-electron chi connectivity index (χ4n) is 2.44. The quantitative estimate of drug-likeness (QED) is 0.345. The van der Waals surface area contributed by atoms with Crippen LogP contribution in [0.5, 0.6) is 5.75 Å². The van der Waals surface area contributed by atoms with Gasteiger partial charge in [0.25, 0.3) is 0 Å². The molecule has 0 radical (unpaired) electrons. The van der Waals surface area contributed by atoms with Crippen LogP contribution in [0.4, 0.5) is 0 Å². The maximum atomic E-state index is 11.9. The van der Waals surface area contributed by atoms with Crippen LogP contribution in [0.25, 0.3) is 0 Å². The smallest absolute Gasteiger partial charge is 0.305 e. The Bertz CT molecular complexity index is 473. The highest BCUT2D eigenvalue weighted by Gasteiger charge is 2.19. The third-order valence-electron chi connectivity index (χ3n) is 3.41. The van der Waals surface area contributed by atoms with E-state index in [1.165, 1.54) is 6.20 Å². The molecule has 1 aliphatic carbocycles. The molecule has 0 amide bonds. The first-order valence-electron chi connectivity index (χ1n) is 7.24. The molecule has 1 aromatic heterocycles. The van der Waals surface area contributed by atoms with E-state index in [0.717, 1.165) is 41.7 Å². The summed E-state index contributed by atoms with van der Waals surface area (Å²) in [6, 6.07) is 1.95. The number of carbonyl (C=O) groups is 1. The van der Waals surface area contributed by atoms with Gasteiger partial charge in [-0.05, 0) is 38.7 Å². The van der Waals surface area contributed by atoms with Crippen LogP contribution < -0.4 is 9.47 Å². The molecular formula is C15H21NO4. The molecule has 0 saturated carbocycles. The van der Waals surface area contributed by atoms with Crippen molar-refractivity contribution < 1.29 is 19.0 Å². The lowest BCUT2D eigenvalue weighted by Crippen LogP contribution is -2.34. The molecule has 0 unspecified atom stereocenters. The Morgan fingerprint density at radius 1 is 1.40 bits per heavy atom. The van der Waals surface area contributed by atoms with Crippen LogP contribution in [0.2, 0.25) is 0 Å². The summed E-state index contributed by atoms with van der Waals surface area (Å²) in [5, 5.41) is 11.9. The van der Waals surface area contributed by atoms with Gasteiger partial charge in [0, 0.05) is 18.4 Å². The third-order valence-corrected chi connectivity index (χ3v) is 3.41. The zero-order chi connectivity index (χ0) is 14.4. The van der Waals surface area contributed by atoms with E-state index in [1.807, 2.05) is 6.07 Å². The van der Waals surface area contributed by atoms with Gasteiger partial charge in [-0.15, -0.1) is 0 Å². The van der Waals surface area contributed by atoms with Crippen LogP contribution >= 0.6 is 0 Å². The minimum atomic E-state index is -0.208. The second-order valence-corrected chi connectivity index (χ2v) is 4.94. The van der Waals surface area contributed by atoms with Crippen LogP contribution in [0.15, 0.2) is 12.3 Å². The summed E-state index contributed by atoms with van der Waals surface area (Å²) >= 11 is 0. The number of carbonyl (C=O) groups excluding carboxylic acids is 1. The van der Waals surface area contributed by atoms with Crippen LogP contribution in [0.3, 0.4) is 0 Å². The fraction of sp³-hybridized carbons (Fsp3) is 0.600. The minimum Gasteiger partial charge on any atom is -0.618 e. The number of aromatic nitrogens is 1. The van der Waals surface area contributed by atoms with Gasteiger partial charge in [0.05, 0.1) is 13.2 Å². The minimum absolute atomic E-state index is 0.208. The Labute approximate surface area is 119 Å². The van der Waals surface area contributed by atoms with Crippen molar-refractivity contribution in [1.29, 1.82) is 0 Å². The molecule has 1 heterocycles. The third kappa shape index (κ3) is 3.85. The summed E-state index contributed by atoms with van der Waals surface area (Å²) < 4.78 is 11.3. The molecule has 0 N–H and O–H groups in total. The molecule has 110 valence electrons. The molecule has 1 aliphatic rings. The number of fused-ring (bicyclic) bond motifs is 1. The van der Waals surface area contributed by atoms with E-state index in [1.54, 1.807) is 6.92 Å². The lowest BCUT2D eigenvalue weighted by molar-refractivity contribution is -0.615. The highest BCUT2D eigenvalue weighted by Crippen LogP contribution is 2.22. The Morgan fingerprint density at radius 3 is 3.00 bits per heavy atom. The molecule has 2 rings (SSSR count). The average molecular weight is 279 g/mol. The monoisotopic (exact) mass is 279 g/mol. The lowest BCUT2D eigenvalue weighted by Gasteiger charge is -2.16. The van der Waals surface area contributed by atoms with E-state index in [2.05, 4.69) is 0 Å². The van der Waals surface area contributed by atoms with Gasteiger partial charge in [0.1, 0.15) is 0 Å². The second kappa shape index (κ2) is 7.12. The Balaban J connectivity index is 1.84. The standard InChI is InChI=1S/C15H21NO4/c1-2-19-15(17)8-5-9-20-13-10-12-6-3-4-7-14(12)16(18)11-13/h10-11H,2-9H2,1H3. The number of aryl methyl sites for hydroxylation is 1. The number of rotatable bonds is 6. The topological polar surface area (TPSA) is 62.5 Å². The van der Waals surface area contributed by atoms with Crippen molar-refractivity contribution in [1.82, 2.24) is 0 Å². The summed E-state index contributed by atoms with van der Waals surface area (Å²) in [5.41, 5.74) is 1.96. The Hall–Kier alpha value is -1.78. The molecule has 5 heteroatoms. The molecule has 20 heavy (non-hydrogen) atoms. The van der Waals surface area contributed by atoms with E-state index in [9.17, 15) is 10.0 Å². The van der Waals surface area contributed by atoms with Gasteiger partial charge in [-0.1, -0.05) is 0 Å². The second-order valence-electron chi connectivity index (χ2n) is 4.94. The zero-order valence-electron chi connectivity index (χ0n) is 11.9. The summed E-state index contributed by atoms with van der Waals surface area (Å²) in [5.74, 6) is 0.380. The lowest BCUT2D eigenvalue weighted by atomic mass is 9.96. The number of nitrogens with zero attached hydrogens (tertiary/aromatic N) is 1. The van der Waals surface area contributed by atoms with Gasteiger partial charge in [-0.3, -0.25) is 4.79 Å². The molecule has 0 aliphatic heterocycles.